The number of hydrogen-bond donors (Lipinski definition) is 0. The van der Waals surface area contributed by atoms with Crippen LogP contribution in [0.5, 0.6) is 5.75 Å². The number of fused-ring (bicyclic) bond motifs is 1. The summed E-state index contributed by atoms with van der Waals surface area (Å²) < 4.78 is 10.7. The summed E-state index contributed by atoms with van der Waals surface area (Å²) in [6.45, 7) is 2.45. The van der Waals surface area contributed by atoms with E-state index in [4.69, 9.17) is 9.47 Å². The number of methoxy groups -OCH3 is 1. The van der Waals surface area contributed by atoms with Crippen LogP contribution in [0.3, 0.4) is 0 Å². The predicted octanol–water partition coefficient (Wildman–Crippen LogP) is 4.36. The predicted molar refractivity (Wildman–Crippen MR) is 114 cm³/mol. The molecule has 0 N–H and O–H groups in total. The molecule has 0 saturated carbocycles. The highest BCUT2D eigenvalue weighted by molar-refractivity contribution is 7.99. The van der Waals surface area contributed by atoms with Gasteiger partial charge in [-0.05, 0) is 66.6 Å². The Morgan fingerprint density at radius 1 is 1.18 bits per heavy atom. The first-order valence-electron chi connectivity index (χ1n) is 9.00. The lowest BCUT2D eigenvalue weighted by Gasteiger charge is -2.18. The number of anilines is 1. The maximum absolute atomic E-state index is 12.0. The van der Waals surface area contributed by atoms with Crippen LogP contribution in [0.4, 0.5) is 5.69 Å². The van der Waals surface area contributed by atoms with E-state index in [1.165, 1.54) is 7.11 Å². The zero-order chi connectivity index (χ0) is 20.1. The Morgan fingerprint density at radius 3 is 2.54 bits per heavy atom. The fourth-order valence-electron chi connectivity index (χ4n) is 3.10. The molecule has 1 unspecified atom stereocenters. The van der Waals surface area contributed by atoms with Gasteiger partial charge in [0.2, 0.25) is 6.41 Å². The molecule has 1 aliphatic heterocycles. The quantitative estimate of drug-likeness (QED) is 0.412. The zero-order valence-electron chi connectivity index (χ0n) is 16.2. The van der Waals surface area contributed by atoms with Crippen molar-refractivity contribution in [1.29, 1.82) is 0 Å². The molecule has 0 bridgehead atoms. The molecule has 28 heavy (non-hydrogen) atoms. The van der Waals surface area contributed by atoms with Crippen LogP contribution in [0.1, 0.15) is 18.9 Å². The van der Waals surface area contributed by atoms with E-state index in [0.29, 0.717) is 18.5 Å². The Kier molecular flexibility index (Phi) is 6.41. The first kappa shape index (κ1) is 20.0. The second kappa shape index (κ2) is 8.97. The summed E-state index contributed by atoms with van der Waals surface area (Å²) >= 11 is 1.64. The van der Waals surface area contributed by atoms with Crippen molar-refractivity contribution in [2.45, 2.75) is 18.8 Å². The molecule has 0 fully saturated rings. The van der Waals surface area contributed by atoms with E-state index < -0.39 is 0 Å². The van der Waals surface area contributed by atoms with Gasteiger partial charge in [-0.15, -0.1) is 11.8 Å². The van der Waals surface area contributed by atoms with Gasteiger partial charge in [0.1, 0.15) is 11.2 Å². The van der Waals surface area contributed by atoms with Crippen LogP contribution in [0.2, 0.25) is 0 Å². The smallest absolute Gasteiger partial charge is 0.333 e. The Hall–Kier alpha value is -2.73. The first-order chi connectivity index (χ1) is 13.5. The Balaban J connectivity index is 1.95. The van der Waals surface area contributed by atoms with Gasteiger partial charge in [0.15, 0.2) is 0 Å². The fraction of sp³-hybridized carbons (Fsp3) is 0.273. The summed E-state index contributed by atoms with van der Waals surface area (Å²) in [4.78, 5) is 25.1. The van der Waals surface area contributed by atoms with Crippen molar-refractivity contribution in [2.75, 3.05) is 24.8 Å². The highest BCUT2D eigenvalue weighted by Gasteiger charge is 2.20. The third-order valence-corrected chi connectivity index (χ3v) is 5.45. The number of ether oxygens (including phenoxy) is 2. The van der Waals surface area contributed by atoms with Crippen molar-refractivity contribution in [3.8, 4) is 16.9 Å². The SMILES string of the molecule is COC(=O)C1=Cc2cc(-c3ccc(OC(C)SC)cc3)ccc2N(C=O)CC1. The van der Waals surface area contributed by atoms with E-state index in [1.54, 1.807) is 16.7 Å². The fourth-order valence-corrected chi connectivity index (χ4v) is 3.31. The number of carbonyl (C=O) groups is 2. The minimum atomic E-state index is -0.367. The van der Waals surface area contributed by atoms with Crippen LogP contribution in [-0.4, -0.2) is 37.7 Å². The lowest BCUT2D eigenvalue weighted by atomic mass is 10.0. The Labute approximate surface area is 169 Å². The summed E-state index contributed by atoms with van der Waals surface area (Å²) in [5, 5.41) is 0. The first-order valence-corrected chi connectivity index (χ1v) is 10.3. The Morgan fingerprint density at radius 2 is 1.89 bits per heavy atom. The number of esters is 1. The van der Waals surface area contributed by atoms with E-state index in [9.17, 15) is 9.59 Å². The zero-order valence-corrected chi connectivity index (χ0v) is 17.0. The van der Waals surface area contributed by atoms with Crippen molar-refractivity contribution in [3.05, 3.63) is 53.6 Å². The third kappa shape index (κ3) is 4.39. The van der Waals surface area contributed by atoms with Crippen molar-refractivity contribution in [2.24, 2.45) is 0 Å². The number of hydrogen-bond acceptors (Lipinski definition) is 5. The minimum absolute atomic E-state index is 0.0922. The lowest BCUT2D eigenvalue weighted by molar-refractivity contribution is -0.136. The molecule has 5 nitrogen and oxygen atoms in total. The van der Waals surface area contributed by atoms with Gasteiger partial charge in [-0.1, -0.05) is 18.2 Å². The second-order valence-corrected chi connectivity index (χ2v) is 7.56. The van der Waals surface area contributed by atoms with Gasteiger partial charge in [-0.25, -0.2) is 4.79 Å². The summed E-state index contributed by atoms with van der Waals surface area (Å²) in [6.07, 6.45) is 5.07. The maximum atomic E-state index is 12.0. The molecule has 0 aliphatic carbocycles. The molecular formula is C22H23NO4S. The van der Waals surface area contributed by atoms with Gasteiger partial charge >= 0.3 is 5.97 Å². The molecule has 3 rings (SSSR count). The van der Waals surface area contributed by atoms with Crippen molar-refractivity contribution in [1.82, 2.24) is 0 Å². The van der Waals surface area contributed by atoms with E-state index >= 15 is 0 Å². The summed E-state index contributed by atoms with van der Waals surface area (Å²) in [5.74, 6) is 0.453. The molecule has 2 aromatic rings. The van der Waals surface area contributed by atoms with Crippen LogP contribution in [0, 0.1) is 0 Å². The maximum Gasteiger partial charge on any atom is 0.333 e. The minimum Gasteiger partial charge on any atom is -0.480 e. The molecule has 1 heterocycles. The van der Waals surface area contributed by atoms with Gasteiger partial charge in [-0.2, -0.15) is 0 Å². The molecule has 0 saturated heterocycles. The topological polar surface area (TPSA) is 55.8 Å². The average molecular weight is 397 g/mol. The molecule has 1 atom stereocenters. The van der Waals surface area contributed by atoms with Gasteiger partial charge in [-0.3, -0.25) is 4.79 Å². The third-order valence-electron chi connectivity index (χ3n) is 4.69. The highest BCUT2D eigenvalue weighted by atomic mass is 32.2. The van der Waals surface area contributed by atoms with Crippen molar-refractivity contribution >= 4 is 35.9 Å². The van der Waals surface area contributed by atoms with Crippen molar-refractivity contribution in [3.63, 3.8) is 0 Å². The Bertz CT molecular complexity index is 892. The van der Waals surface area contributed by atoms with E-state index in [1.807, 2.05) is 61.7 Å². The summed E-state index contributed by atoms with van der Waals surface area (Å²) in [5.41, 5.74) is 4.28. The molecule has 0 spiro atoms. The van der Waals surface area contributed by atoms with Crippen LogP contribution in [0.25, 0.3) is 17.2 Å². The summed E-state index contributed by atoms with van der Waals surface area (Å²) in [6, 6.07) is 13.8. The molecule has 0 radical (unpaired) electrons. The molecule has 146 valence electrons. The van der Waals surface area contributed by atoms with Crippen LogP contribution in [-0.2, 0) is 14.3 Å². The van der Waals surface area contributed by atoms with E-state index in [2.05, 4.69) is 0 Å². The van der Waals surface area contributed by atoms with Gasteiger partial charge in [0, 0.05) is 12.1 Å². The standard InChI is InChI=1S/C22H23NO4S/c1-15(28-3)27-20-7-4-16(5-8-20)17-6-9-21-19(12-17)13-18(22(25)26-2)10-11-23(21)14-24/h4-9,12-15H,10-11H2,1-3H3. The molecular weight excluding hydrogens is 374 g/mol. The van der Waals surface area contributed by atoms with Gasteiger partial charge < -0.3 is 14.4 Å². The molecule has 1 amide bonds. The monoisotopic (exact) mass is 397 g/mol. The van der Waals surface area contributed by atoms with Gasteiger partial charge in [0.05, 0.1) is 12.8 Å². The number of nitrogens with zero attached hydrogens (tertiary/aromatic N) is 1. The summed E-state index contributed by atoms with van der Waals surface area (Å²) in [7, 11) is 1.37. The van der Waals surface area contributed by atoms with Crippen LogP contribution < -0.4 is 9.64 Å². The van der Waals surface area contributed by atoms with Crippen LogP contribution in [0.15, 0.2) is 48.0 Å². The molecule has 0 aromatic heterocycles. The lowest BCUT2D eigenvalue weighted by Crippen LogP contribution is -2.23. The number of carbonyl (C=O) groups excluding carboxylic acids is 2. The van der Waals surface area contributed by atoms with E-state index in [-0.39, 0.29) is 11.4 Å². The van der Waals surface area contributed by atoms with Crippen molar-refractivity contribution < 1.29 is 19.1 Å². The van der Waals surface area contributed by atoms with Gasteiger partial charge in [0.25, 0.3) is 0 Å². The molecule has 2 aromatic carbocycles. The second-order valence-electron chi connectivity index (χ2n) is 6.43. The highest BCUT2D eigenvalue weighted by Crippen LogP contribution is 2.32. The van der Waals surface area contributed by atoms with Crippen LogP contribution >= 0.6 is 11.8 Å². The normalized spacial score (nSPS) is 14.4. The number of rotatable bonds is 6. The molecule has 1 aliphatic rings. The number of amides is 1. The van der Waals surface area contributed by atoms with E-state index in [0.717, 1.165) is 34.5 Å². The average Bonchev–Trinajstić information content (AvgIpc) is 2.92. The molecule has 6 heteroatoms. The number of benzene rings is 2. The largest absolute Gasteiger partial charge is 0.480 e. The number of thioether (sulfide) groups is 1.